The topological polar surface area (TPSA) is 77.2 Å². The van der Waals surface area contributed by atoms with Crippen LogP contribution in [0.2, 0.25) is 0 Å². The standard InChI is InChI=1S/C23H17NO4S/c1-16-12-14-19(15-13-16)29(26,27)23-20(22(25)18-10-6-3-7-11-18)21(24-28-23)17-8-4-2-5-9-17/h2-15H,1H3. The Morgan fingerprint density at radius 3 is 2.03 bits per heavy atom. The maximum absolute atomic E-state index is 13.3. The third-order valence-electron chi connectivity index (χ3n) is 4.55. The molecule has 0 bridgehead atoms. The summed E-state index contributed by atoms with van der Waals surface area (Å²) >= 11 is 0. The van der Waals surface area contributed by atoms with Crippen molar-refractivity contribution < 1.29 is 17.7 Å². The fraction of sp³-hybridized carbons (Fsp3) is 0.0435. The van der Waals surface area contributed by atoms with Crippen molar-refractivity contribution in [2.75, 3.05) is 0 Å². The van der Waals surface area contributed by atoms with Crippen molar-refractivity contribution in [3.8, 4) is 11.3 Å². The molecular weight excluding hydrogens is 386 g/mol. The molecule has 6 heteroatoms. The van der Waals surface area contributed by atoms with Gasteiger partial charge in [-0.05, 0) is 19.1 Å². The van der Waals surface area contributed by atoms with Gasteiger partial charge in [-0.1, -0.05) is 83.5 Å². The number of hydrogen-bond acceptors (Lipinski definition) is 5. The molecule has 4 rings (SSSR count). The lowest BCUT2D eigenvalue weighted by Crippen LogP contribution is -2.10. The molecule has 0 saturated heterocycles. The maximum atomic E-state index is 13.3. The van der Waals surface area contributed by atoms with Crippen LogP contribution in [0.15, 0.2) is 99.4 Å². The molecule has 144 valence electrons. The molecule has 0 amide bonds. The van der Waals surface area contributed by atoms with E-state index in [-0.39, 0.29) is 16.2 Å². The summed E-state index contributed by atoms with van der Waals surface area (Å²) in [5.41, 5.74) is 2.01. The Labute approximate surface area is 168 Å². The van der Waals surface area contributed by atoms with E-state index in [1.54, 1.807) is 66.7 Å². The van der Waals surface area contributed by atoms with Crippen molar-refractivity contribution in [3.63, 3.8) is 0 Å². The molecule has 1 heterocycles. The van der Waals surface area contributed by atoms with E-state index in [2.05, 4.69) is 5.16 Å². The van der Waals surface area contributed by atoms with E-state index in [0.717, 1.165) is 5.56 Å². The number of carbonyl (C=O) groups excluding carboxylic acids is 1. The van der Waals surface area contributed by atoms with Crippen LogP contribution in [-0.2, 0) is 9.84 Å². The highest BCUT2D eigenvalue weighted by atomic mass is 32.2. The van der Waals surface area contributed by atoms with Crippen LogP contribution in [0.3, 0.4) is 0 Å². The van der Waals surface area contributed by atoms with Crippen molar-refractivity contribution in [2.45, 2.75) is 16.9 Å². The molecule has 0 N–H and O–H groups in total. The van der Waals surface area contributed by atoms with E-state index in [9.17, 15) is 13.2 Å². The third-order valence-corrected chi connectivity index (χ3v) is 6.21. The van der Waals surface area contributed by atoms with Gasteiger partial charge >= 0.3 is 0 Å². The number of aryl methyl sites for hydroxylation is 1. The number of nitrogens with zero attached hydrogens (tertiary/aromatic N) is 1. The molecule has 3 aromatic carbocycles. The minimum absolute atomic E-state index is 0.0426. The van der Waals surface area contributed by atoms with Gasteiger partial charge in [0, 0.05) is 11.1 Å². The Bertz CT molecular complexity index is 1260. The van der Waals surface area contributed by atoms with Gasteiger partial charge in [-0.25, -0.2) is 8.42 Å². The van der Waals surface area contributed by atoms with Gasteiger partial charge < -0.3 is 4.52 Å². The molecule has 0 aliphatic carbocycles. The van der Waals surface area contributed by atoms with Crippen LogP contribution in [-0.4, -0.2) is 19.4 Å². The summed E-state index contributed by atoms with van der Waals surface area (Å²) in [6.07, 6.45) is 0. The van der Waals surface area contributed by atoms with E-state index < -0.39 is 20.7 Å². The van der Waals surface area contributed by atoms with Crippen LogP contribution in [0.25, 0.3) is 11.3 Å². The molecule has 0 aliphatic rings. The summed E-state index contributed by atoms with van der Waals surface area (Å²) in [6, 6.07) is 23.8. The van der Waals surface area contributed by atoms with Gasteiger partial charge in [0.2, 0.25) is 9.84 Å². The second-order valence-electron chi connectivity index (χ2n) is 6.57. The molecule has 1 aromatic heterocycles. The summed E-state index contributed by atoms with van der Waals surface area (Å²) in [4.78, 5) is 13.3. The average Bonchev–Trinajstić information content (AvgIpc) is 3.21. The Hall–Kier alpha value is -3.51. The summed E-state index contributed by atoms with van der Waals surface area (Å²) in [6.45, 7) is 1.86. The fourth-order valence-corrected chi connectivity index (χ4v) is 4.31. The molecule has 0 atom stereocenters. The summed E-state index contributed by atoms with van der Waals surface area (Å²) < 4.78 is 31.8. The maximum Gasteiger partial charge on any atom is 0.267 e. The molecular formula is C23H17NO4S. The smallest absolute Gasteiger partial charge is 0.267 e. The van der Waals surface area contributed by atoms with E-state index in [1.807, 2.05) is 13.0 Å². The van der Waals surface area contributed by atoms with Crippen molar-refractivity contribution in [3.05, 3.63) is 102 Å². The van der Waals surface area contributed by atoms with E-state index in [0.29, 0.717) is 11.1 Å². The van der Waals surface area contributed by atoms with Crippen molar-refractivity contribution >= 4 is 15.6 Å². The molecule has 0 aliphatic heterocycles. The Kier molecular flexibility index (Phi) is 4.86. The Morgan fingerprint density at radius 1 is 0.828 bits per heavy atom. The van der Waals surface area contributed by atoms with Gasteiger partial charge in [-0.3, -0.25) is 4.79 Å². The van der Waals surface area contributed by atoms with Crippen molar-refractivity contribution in [1.29, 1.82) is 0 Å². The highest BCUT2D eigenvalue weighted by Crippen LogP contribution is 2.33. The number of rotatable bonds is 5. The summed E-state index contributed by atoms with van der Waals surface area (Å²) in [5.74, 6) is -0.462. The zero-order valence-electron chi connectivity index (χ0n) is 15.6. The van der Waals surface area contributed by atoms with Gasteiger partial charge in [0.1, 0.15) is 11.3 Å². The Balaban J connectivity index is 1.94. The molecule has 0 radical (unpaired) electrons. The first kappa shape index (κ1) is 18.8. The molecule has 0 saturated carbocycles. The van der Waals surface area contributed by atoms with Crippen LogP contribution < -0.4 is 0 Å². The van der Waals surface area contributed by atoms with E-state index in [4.69, 9.17) is 4.52 Å². The summed E-state index contributed by atoms with van der Waals surface area (Å²) in [7, 11) is -4.08. The van der Waals surface area contributed by atoms with Crippen LogP contribution in [0.5, 0.6) is 0 Å². The van der Waals surface area contributed by atoms with Gasteiger partial charge in [-0.15, -0.1) is 0 Å². The second-order valence-corrected chi connectivity index (χ2v) is 8.42. The predicted molar refractivity (Wildman–Crippen MR) is 108 cm³/mol. The number of sulfone groups is 1. The van der Waals surface area contributed by atoms with Crippen LogP contribution in [0.4, 0.5) is 0 Å². The second kappa shape index (κ2) is 7.48. The first-order valence-electron chi connectivity index (χ1n) is 8.95. The quantitative estimate of drug-likeness (QED) is 0.451. The molecule has 29 heavy (non-hydrogen) atoms. The molecule has 0 spiro atoms. The van der Waals surface area contributed by atoms with Gasteiger partial charge in [0.25, 0.3) is 5.09 Å². The number of benzene rings is 3. The number of carbonyl (C=O) groups is 1. The first-order valence-corrected chi connectivity index (χ1v) is 10.4. The average molecular weight is 403 g/mol. The highest BCUT2D eigenvalue weighted by Gasteiger charge is 2.34. The monoisotopic (exact) mass is 403 g/mol. The van der Waals surface area contributed by atoms with Gasteiger partial charge in [0.15, 0.2) is 5.78 Å². The van der Waals surface area contributed by atoms with Gasteiger partial charge in [-0.2, -0.15) is 0 Å². The van der Waals surface area contributed by atoms with Crippen molar-refractivity contribution in [1.82, 2.24) is 5.16 Å². The lowest BCUT2D eigenvalue weighted by Gasteiger charge is -2.06. The Morgan fingerprint density at radius 2 is 1.41 bits per heavy atom. The van der Waals surface area contributed by atoms with Gasteiger partial charge in [0.05, 0.1) is 4.90 Å². The highest BCUT2D eigenvalue weighted by molar-refractivity contribution is 7.91. The van der Waals surface area contributed by atoms with Crippen LogP contribution in [0, 0.1) is 6.92 Å². The predicted octanol–water partition coefficient (Wildman–Crippen LogP) is 4.71. The van der Waals surface area contributed by atoms with Crippen LogP contribution >= 0.6 is 0 Å². The molecule has 0 unspecified atom stereocenters. The number of ketones is 1. The number of aromatic nitrogens is 1. The number of hydrogen-bond donors (Lipinski definition) is 0. The lowest BCUT2D eigenvalue weighted by molar-refractivity contribution is 0.103. The normalized spacial score (nSPS) is 11.3. The zero-order valence-corrected chi connectivity index (χ0v) is 16.4. The summed E-state index contributed by atoms with van der Waals surface area (Å²) in [5, 5.41) is 3.52. The van der Waals surface area contributed by atoms with E-state index in [1.165, 1.54) is 12.1 Å². The van der Waals surface area contributed by atoms with Crippen LogP contribution in [0.1, 0.15) is 21.5 Å². The molecule has 5 nitrogen and oxygen atoms in total. The first-order chi connectivity index (χ1) is 14.0. The van der Waals surface area contributed by atoms with Crippen molar-refractivity contribution in [2.24, 2.45) is 0 Å². The molecule has 0 fully saturated rings. The molecule has 4 aromatic rings. The minimum atomic E-state index is -4.08. The zero-order chi connectivity index (χ0) is 20.4. The lowest BCUT2D eigenvalue weighted by atomic mass is 10.0. The van der Waals surface area contributed by atoms with E-state index >= 15 is 0 Å². The minimum Gasteiger partial charge on any atom is -0.343 e. The fourth-order valence-electron chi connectivity index (χ4n) is 3.01. The largest absolute Gasteiger partial charge is 0.343 e. The third kappa shape index (κ3) is 3.50. The SMILES string of the molecule is Cc1ccc(S(=O)(=O)c2onc(-c3ccccc3)c2C(=O)c2ccccc2)cc1.